The maximum absolute atomic E-state index is 11.9. The molecule has 0 bridgehead atoms. The van der Waals surface area contributed by atoms with Gasteiger partial charge in [-0.05, 0) is 31.6 Å². The van der Waals surface area contributed by atoms with E-state index in [9.17, 15) is 9.59 Å². The van der Waals surface area contributed by atoms with Gasteiger partial charge in [-0.25, -0.2) is 4.79 Å². The number of carboxylic acids is 1. The molecule has 4 nitrogen and oxygen atoms in total. The molecule has 0 spiro atoms. The van der Waals surface area contributed by atoms with Crippen molar-refractivity contribution in [3.63, 3.8) is 0 Å². The molecule has 1 heterocycles. The molecule has 19 heavy (non-hydrogen) atoms. The topological polar surface area (TPSA) is 66.4 Å². The number of hydrogen-bond donors (Lipinski definition) is 2. The fraction of sp³-hybridized carbons (Fsp3) is 0.429. The Morgan fingerprint density at radius 1 is 1.47 bits per heavy atom. The molecule has 0 saturated carbocycles. The molecule has 1 unspecified atom stereocenters. The number of unbranched alkanes of at least 4 members (excludes halogenated alkanes) is 1. The van der Waals surface area contributed by atoms with Gasteiger partial charge < -0.3 is 10.4 Å². The predicted octanol–water partition coefficient (Wildman–Crippen LogP) is 3.15. The van der Waals surface area contributed by atoms with Gasteiger partial charge in [0.05, 0.1) is 4.88 Å². The number of rotatable bonds is 7. The van der Waals surface area contributed by atoms with Crippen molar-refractivity contribution < 1.29 is 14.7 Å². The highest BCUT2D eigenvalue weighted by Crippen LogP contribution is 2.18. The van der Waals surface area contributed by atoms with Crippen LogP contribution in [0.15, 0.2) is 18.2 Å². The second-order valence-corrected chi connectivity index (χ2v) is 5.51. The first-order valence-electron chi connectivity index (χ1n) is 6.34. The summed E-state index contributed by atoms with van der Waals surface area (Å²) >= 11 is 1.29. The van der Waals surface area contributed by atoms with E-state index in [1.807, 2.05) is 6.92 Å². The number of carboxylic acid groups (broad SMARTS) is 1. The summed E-state index contributed by atoms with van der Waals surface area (Å²) in [6.45, 7) is 4.11. The number of nitrogens with one attached hydrogen (secondary N) is 1. The van der Waals surface area contributed by atoms with Crippen LogP contribution in [0.5, 0.6) is 0 Å². The van der Waals surface area contributed by atoms with Gasteiger partial charge in [0, 0.05) is 17.0 Å². The number of hydrogen-bond acceptors (Lipinski definition) is 3. The van der Waals surface area contributed by atoms with Gasteiger partial charge in [0.1, 0.15) is 0 Å². The average molecular weight is 281 g/mol. The van der Waals surface area contributed by atoms with Crippen LogP contribution in [-0.2, 0) is 4.79 Å². The number of amides is 1. The summed E-state index contributed by atoms with van der Waals surface area (Å²) in [5.41, 5.74) is 0. The molecule has 0 fully saturated rings. The molecule has 1 aromatic heterocycles. The molecule has 0 radical (unpaired) electrons. The van der Waals surface area contributed by atoms with Gasteiger partial charge in [-0.3, -0.25) is 4.79 Å². The number of thiophene rings is 1. The largest absolute Gasteiger partial charge is 0.478 e. The third-order valence-electron chi connectivity index (χ3n) is 2.61. The Labute approximate surface area is 117 Å². The van der Waals surface area contributed by atoms with Gasteiger partial charge in [-0.15, -0.1) is 11.3 Å². The summed E-state index contributed by atoms with van der Waals surface area (Å²) in [4.78, 5) is 23.7. The fourth-order valence-corrected chi connectivity index (χ4v) is 2.41. The van der Waals surface area contributed by atoms with Gasteiger partial charge in [0.2, 0.25) is 0 Å². The molecule has 1 atom stereocenters. The molecule has 1 rings (SSSR count). The summed E-state index contributed by atoms with van der Waals surface area (Å²) in [7, 11) is 0. The van der Waals surface area contributed by atoms with Crippen LogP contribution in [0.3, 0.4) is 0 Å². The van der Waals surface area contributed by atoms with Crippen molar-refractivity contribution in [3.8, 4) is 0 Å². The molecule has 0 saturated heterocycles. The monoisotopic (exact) mass is 281 g/mol. The zero-order valence-electron chi connectivity index (χ0n) is 11.2. The van der Waals surface area contributed by atoms with Crippen molar-refractivity contribution in [2.75, 3.05) is 0 Å². The first-order chi connectivity index (χ1) is 9.02. The second-order valence-electron chi connectivity index (χ2n) is 4.39. The fourth-order valence-electron chi connectivity index (χ4n) is 1.60. The Kier molecular flexibility index (Phi) is 6.29. The van der Waals surface area contributed by atoms with Crippen molar-refractivity contribution in [1.29, 1.82) is 0 Å². The number of carbonyl (C=O) groups is 2. The SMILES string of the molecule is CCCCC(C)NC(=O)c1ccc(C=CC(=O)O)s1. The highest BCUT2D eigenvalue weighted by molar-refractivity contribution is 7.14. The number of carbonyl (C=O) groups excluding carboxylic acids is 1. The third kappa shape index (κ3) is 5.70. The minimum atomic E-state index is -0.993. The lowest BCUT2D eigenvalue weighted by Gasteiger charge is -2.12. The molecule has 0 aromatic carbocycles. The van der Waals surface area contributed by atoms with Crippen LogP contribution in [0.25, 0.3) is 6.08 Å². The quantitative estimate of drug-likeness (QED) is 0.754. The molecule has 2 N–H and O–H groups in total. The van der Waals surface area contributed by atoms with E-state index in [-0.39, 0.29) is 11.9 Å². The van der Waals surface area contributed by atoms with Gasteiger partial charge in [-0.1, -0.05) is 19.8 Å². The average Bonchev–Trinajstić information content (AvgIpc) is 2.82. The summed E-state index contributed by atoms with van der Waals surface area (Å²) in [6.07, 6.45) is 5.74. The Bertz CT molecular complexity index is 465. The Hall–Kier alpha value is -1.62. The molecular weight excluding hydrogens is 262 g/mol. The summed E-state index contributed by atoms with van der Waals surface area (Å²) in [5, 5.41) is 11.5. The molecule has 0 aliphatic carbocycles. The van der Waals surface area contributed by atoms with Crippen LogP contribution >= 0.6 is 11.3 Å². The Balaban J connectivity index is 2.56. The van der Waals surface area contributed by atoms with E-state index >= 15 is 0 Å². The Morgan fingerprint density at radius 2 is 2.21 bits per heavy atom. The highest BCUT2D eigenvalue weighted by Gasteiger charge is 2.11. The summed E-state index contributed by atoms with van der Waals surface area (Å²) in [6, 6.07) is 3.62. The van der Waals surface area contributed by atoms with E-state index in [1.54, 1.807) is 12.1 Å². The standard InChI is InChI=1S/C14H19NO3S/c1-3-4-5-10(2)15-14(18)12-8-6-11(19-12)7-9-13(16)17/h6-10H,3-5H2,1-2H3,(H,15,18)(H,16,17). The lowest BCUT2D eigenvalue weighted by atomic mass is 10.1. The van der Waals surface area contributed by atoms with Crippen molar-refractivity contribution in [1.82, 2.24) is 5.32 Å². The molecule has 5 heteroatoms. The van der Waals surface area contributed by atoms with Crippen LogP contribution in [0.1, 0.15) is 47.7 Å². The first kappa shape index (κ1) is 15.4. The minimum absolute atomic E-state index is 0.0939. The number of aliphatic carboxylic acids is 1. The predicted molar refractivity (Wildman–Crippen MR) is 77.4 cm³/mol. The molecule has 0 aliphatic rings. The smallest absolute Gasteiger partial charge is 0.328 e. The normalized spacial score (nSPS) is 12.5. The van der Waals surface area contributed by atoms with Crippen LogP contribution < -0.4 is 5.32 Å². The van der Waals surface area contributed by atoms with Crippen molar-refractivity contribution in [2.24, 2.45) is 0 Å². The lowest BCUT2D eigenvalue weighted by Crippen LogP contribution is -2.31. The minimum Gasteiger partial charge on any atom is -0.478 e. The van der Waals surface area contributed by atoms with Gasteiger partial charge in [0.25, 0.3) is 5.91 Å². The second kappa shape index (κ2) is 7.74. The summed E-state index contributed by atoms with van der Waals surface area (Å²) in [5.74, 6) is -1.09. The van der Waals surface area contributed by atoms with E-state index in [1.165, 1.54) is 17.4 Å². The van der Waals surface area contributed by atoms with E-state index < -0.39 is 5.97 Å². The molecule has 104 valence electrons. The van der Waals surface area contributed by atoms with Gasteiger partial charge in [0.15, 0.2) is 0 Å². The highest BCUT2D eigenvalue weighted by atomic mass is 32.1. The van der Waals surface area contributed by atoms with Gasteiger partial charge >= 0.3 is 5.97 Å². The van der Waals surface area contributed by atoms with E-state index in [4.69, 9.17) is 5.11 Å². The lowest BCUT2D eigenvalue weighted by molar-refractivity contribution is -0.131. The molecule has 1 aromatic rings. The van der Waals surface area contributed by atoms with E-state index in [2.05, 4.69) is 12.2 Å². The maximum Gasteiger partial charge on any atom is 0.328 e. The summed E-state index contributed by atoms with van der Waals surface area (Å²) < 4.78 is 0. The first-order valence-corrected chi connectivity index (χ1v) is 7.16. The van der Waals surface area contributed by atoms with E-state index in [0.29, 0.717) is 4.88 Å². The maximum atomic E-state index is 11.9. The van der Waals surface area contributed by atoms with Crippen molar-refractivity contribution in [3.05, 3.63) is 28.0 Å². The molecular formula is C14H19NO3S. The third-order valence-corrected chi connectivity index (χ3v) is 3.66. The van der Waals surface area contributed by atoms with Crippen LogP contribution in [0.4, 0.5) is 0 Å². The zero-order valence-corrected chi connectivity index (χ0v) is 12.0. The molecule has 0 aliphatic heterocycles. The Morgan fingerprint density at radius 3 is 2.84 bits per heavy atom. The van der Waals surface area contributed by atoms with Crippen LogP contribution in [-0.4, -0.2) is 23.0 Å². The van der Waals surface area contributed by atoms with Crippen LogP contribution in [0.2, 0.25) is 0 Å². The van der Waals surface area contributed by atoms with Crippen LogP contribution in [0, 0.1) is 0 Å². The van der Waals surface area contributed by atoms with Crippen molar-refractivity contribution >= 4 is 29.3 Å². The van der Waals surface area contributed by atoms with Crippen molar-refractivity contribution in [2.45, 2.75) is 39.2 Å². The zero-order chi connectivity index (χ0) is 14.3. The van der Waals surface area contributed by atoms with E-state index in [0.717, 1.165) is 30.2 Å². The molecule has 1 amide bonds. The van der Waals surface area contributed by atoms with Gasteiger partial charge in [-0.2, -0.15) is 0 Å².